The number of ether oxygens (including phenoxy) is 2. The second-order valence-corrected chi connectivity index (χ2v) is 8.83. The lowest BCUT2D eigenvalue weighted by Crippen LogP contribution is -2.27. The molecule has 1 aromatic rings. The van der Waals surface area contributed by atoms with Crippen LogP contribution in [0.25, 0.3) is 0 Å². The number of carbonyl (C=O) groups is 2. The molecule has 0 saturated heterocycles. The number of unbranched alkanes of at least 4 members (excludes halogenated alkanes) is 6. The fourth-order valence-electron chi connectivity index (χ4n) is 3.41. The van der Waals surface area contributed by atoms with Gasteiger partial charge in [0, 0.05) is 24.5 Å². The van der Waals surface area contributed by atoms with Crippen LogP contribution in [0.4, 0.5) is 21.0 Å². The summed E-state index contributed by atoms with van der Waals surface area (Å²) in [6, 6.07) is 6.90. The molecule has 0 saturated carbocycles. The minimum Gasteiger partial charge on any atom is -0.448 e. The number of rotatable bonds is 18. The Morgan fingerprint density at radius 2 is 1.15 bits per heavy atom. The van der Waals surface area contributed by atoms with E-state index in [1.54, 1.807) is 24.3 Å². The lowest BCUT2D eigenvalue weighted by Gasteiger charge is -2.17. The number of likely N-dealkylation sites (N-methyl/N-ethyl adjacent to an activating group) is 2. The van der Waals surface area contributed by atoms with E-state index in [0.717, 1.165) is 25.9 Å². The molecule has 194 valence electrons. The normalized spacial score (nSPS) is 11.0. The average molecular weight is 479 g/mol. The molecule has 0 heterocycles. The van der Waals surface area contributed by atoms with E-state index in [9.17, 15) is 9.59 Å². The lowest BCUT2D eigenvalue weighted by molar-refractivity contribution is 0.145. The van der Waals surface area contributed by atoms with Crippen molar-refractivity contribution in [3.8, 4) is 0 Å². The highest BCUT2D eigenvalue weighted by Crippen LogP contribution is 2.15. The predicted octanol–water partition coefficient (Wildman–Crippen LogP) is 5.81. The van der Waals surface area contributed by atoms with Crippen molar-refractivity contribution in [2.24, 2.45) is 0 Å². The second-order valence-electron chi connectivity index (χ2n) is 8.83. The molecule has 0 fully saturated rings. The number of hydrogen-bond donors (Lipinski definition) is 2. The van der Waals surface area contributed by atoms with Crippen LogP contribution in [0.5, 0.6) is 0 Å². The van der Waals surface area contributed by atoms with Crippen molar-refractivity contribution in [2.45, 2.75) is 65.2 Å². The molecule has 8 heteroatoms. The molecule has 0 bridgehead atoms. The van der Waals surface area contributed by atoms with Gasteiger partial charge in [-0.1, -0.05) is 58.4 Å². The summed E-state index contributed by atoms with van der Waals surface area (Å²) in [6.07, 6.45) is 8.73. The summed E-state index contributed by atoms with van der Waals surface area (Å²) in [5.41, 5.74) is 1.09. The summed E-state index contributed by atoms with van der Waals surface area (Å²) in [6.45, 7) is 8.45. The van der Waals surface area contributed by atoms with Crippen molar-refractivity contribution in [1.29, 1.82) is 0 Å². The SMILES string of the molecule is CCCCCCN(C)CCOC(=O)Nc1cccc(NC(=O)OCCN(C)CCCCCC)c1. The van der Waals surface area contributed by atoms with E-state index in [4.69, 9.17) is 9.47 Å². The standard InChI is InChI=1S/C26H46N4O4/c1-5-7-9-11-16-29(3)18-20-33-25(31)27-23-14-13-15-24(22-23)28-26(32)34-21-19-30(4)17-12-10-8-6-2/h13-15,22H,5-12,16-21H2,1-4H3,(H,27,31)(H,28,32). The largest absolute Gasteiger partial charge is 0.448 e. The van der Waals surface area contributed by atoms with Crippen molar-refractivity contribution in [1.82, 2.24) is 9.80 Å². The van der Waals surface area contributed by atoms with Gasteiger partial charge in [-0.25, -0.2) is 9.59 Å². The van der Waals surface area contributed by atoms with Gasteiger partial charge in [-0.05, 0) is 58.2 Å². The third kappa shape index (κ3) is 15.5. The fraction of sp³-hybridized carbons (Fsp3) is 0.692. The van der Waals surface area contributed by atoms with Crippen LogP contribution in [0.3, 0.4) is 0 Å². The maximum absolute atomic E-state index is 12.1. The second kappa shape index (κ2) is 19.0. The van der Waals surface area contributed by atoms with Gasteiger partial charge in [-0.2, -0.15) is 0 Å². The number of carbonyl (C=O) groups excluding carboxylic acids is 2. The maximum Gasteiger partial charge on any atom is 0.411 e. The summed E-state index contributed by atoms with van der Waals surface area (Å²) in [5.74, 6) is 0. The fourth-order valence-corrected chi connectivity index (χ4v) is 3.41. The highest BCUT2D eigenvalue weighted by atomic mass is 16.6. The van der Waals surface area contributed by atoms with Crippen molar-refractivity contribution < 1.29 is 19.1 Å². The van der Waals surface area contributed by atoms with Gasteiger partial charge >= 0.3 is 12.2 Å². The highest BCUT2D eigenvalue weighted by Gasteiger charge is 2.08. The van der Waals surface area contributed by atoms with Gasteiger partial charge in [-0.3, -0.25) is 10.6 Å². The average Bonchev–Trinajstić information content (AvgIpc) is 2.80. The third-order valence-corrected chi connectivity index (χ3v) is 5.55. The zero-order valence-electron chi connectivity index (χ0n) is 21.7. The van der Waals surface area contributed by atoms with Crippen LogP contribution in [0, 0.1) is 0 Å². The number of anilines is 2. The van der Waals surface area contributed by atoms with Crippen molar-refractivity contribution in [3.63, 3.8) is 0 Å². The van der Waals surface area contributed by atoms with Crippen LogP contribution >= 0.6 is 0 Å². The van der Waals surface area contributed by atoms with E-state index in [1.165, 1.54) is 38.5 Å². The first-order valence-electron chi connectivity index (χ1n) is 12.8. The number of nitrogens with zero attached hydrogens (tertiary/aromatic N) is 2. The topological polar surface area (TPSA) is 83.1 Å². The molecule has 0 aliphatic heterocycles. The molecular formula is C26H46N4O4. The van der Waals surface area contributed by atoms with E-state index < -0.39 is 12.2 Å². The third-order valence-electron chi connectivity index (χ3n) is 5.55. The number of amides is 2. The van der Waals surface area contributed by atoms with Gasteiger partial charge in [0.1, 0.15) is 13.2 Å². The Kier molecular flexibility index (Phi) is 16.6. The molecule has 1 aromatic carbocycles. The van der Waals surface area contributed by atoms with Crippen LogP contribution in [-0.4, -0.2) is 75.5 Å². The zero-order chi connectivity index (χ0) is 25.0. The minimum atomic E-state index is -0.513. The summed E-state index contributed by atoms with van der Waals surface area (Å²) in [5, 5.41) is 5.39. The van der Waals surface area contributed by atoms with Crippen molar-refractivity contribution in [2.75, 3.05) is 64.1 Å². The van der Waals surface area contributed by atoms with Crippen LogP contribution in [0.1, 0.15) is 65.2 Å². The van der Waals surface area contributed by atoms with Crippen molar-refractivity contribution in [3.05, 3.63) is 24.3 Å². The molecule has 0 unspecified atom stereocenters. The van der Waals surface area contributed by atoms with E-state index in [0.29, 0.717) is 37.7 Å². The zero-order valence-corrected chi connectivity index (χ0v) is 21.7. The lowest BCUT2D eigenvalue weighted by atomic mass is 10.2. The Hall–Kier alpha value is -2.32. The minimum absolute atomic E-state index is 0.327. The monoisotopic (exact) mass is 478 g/mol. The van der Waals surface area contributed by atoms with E-state index in [1.807, 2.05) is 14.1 Å². The van der Waals surface area contributed by atoms with Crippen molar-refractivity contribution >= 4 is 23.6 Å². The molecule has 0 atom stereocenters. The van der Waals surface area contributed by atoms with Crippen LogP contribution in [-0.2, 0) is 9.47 Å². The first-order chi connectivity index (χ1) is 16.4. The van der Waals surface area contributed by atoms with Crippen LogP contribution in [0.2, 0.25) is 0 Å². The highest BCUT2D eigenvalue weighted by molar-refractivity contribution is 5.88. The molecule has 0 spiro atoms. The van der Waals surface area contributed by atoms with E-state index in [2.05, 4.69) is 34.3 Å². The van der Waals surface area contributed by atoms with Crippen LogP contribution < -0.4 is 10.6 Å². The summed E-state index contributed by atoms with van der Waals surface area (Å²) < 4.78 is 10.5. The van der Waals surface area contributed by atoms with E-state index >= 15 is 0 Å². The molecule has 1 rings (SSSR count). The molecule has 0 radical (unpaired) electrons. The smallest absolute Gasteiger partial charge is 0.411 e. The summed E-state index contributed by atoms with van der Waals surface area (Å²) in [4.78, 5) is 28.5. The molecular weight excluding hydrogens is 432 g/mol. The molecule has 0 aliphatic carbocycles. The number of hydrogen-bond acceptors (Lipinski definition) is 6. The number of nitrogens with one attached hydrogen (secondary N) is 2. The quantitative estimate of drug-likeness (QED) is 0.259. The first kappa shape index (κ1) is 29.7. The summed E-state index contributed by atoms with van der Waals surface area (Å²) >= 11 is 0. The Labute approximate surface area is 206 Å². The Bertz CT molecular complexity index is 633. The Balaban J connectivity index is 2.25. The summed E-state index contributed by atoms with van der Waals surface area (Å²) in [7, 11) is 4.07. The Morgan fingerprint density at radius 3 is 1.56 bits per heavy atom. The Morgan fingerprint density at radius 1 is 0.706 bits per heavy atom. The molecule has 0 aliphatic rings. The van der Waals surface area contributed by atoms with E-state index in [-0.39, 0.29) is 0 Å². The maximum atomic E-state index is 12.1. The predicted molar refractivity (Wildman–Crippen MR) is 140 cm³/mol. The van der Waals surface area contributed by atoms with Crippen LogP contribution in [0.15, 0.2) is 24.3 Å². The first-order valence-corrected chi connectivity index (χ1v) is 12.8. The van der Waals surface area contributed by atoms with Gasteiger partial charge < -0.3 is 19.3 Å². The van der Waals surface area contributed by atoms with Gasteiger partial charge in [0.05, 0.1) is 0 Å². The molecule has 2 N–H and O–H groups in total. The van der Waals surface area contributed by atoms with Gasteiger partial charge in [0.2, 0.25) is 0 Å². The molecule has 8 nitrogen and oxygen atoms in total. The van der Waals surface area contributed by atoms with Gasteiger partial charge in [0.25, 0.3) is 0 Å². The van der Waals surface area contributed by atoms with Gasteiger partial charge in [0.15, 0.2) is 0 Å². The molecule has 0 aromatic heterocycles. The number of benzene rings is 1. The molecule has 34 heavy (non-hydrogen) atoms. The molecule has 2 amide bonds. The van der Waals surface area contributed by atoms with Gasteiger partial charge in [-0.15, -0.1) is 0 Å².